The summed E-state index contributed by atoms with van der Waals surface area (Å²) in [7, 11) is 0. The molecule has 0 saturated heterocycles. The van der Waals surface area contributed by atoms with Crippen molar-refractivity contribution in [1.29, 1.82) is 0 Å². The number of rotatable bonds is 7. The predicted octanol–water partition coefficient (Wildman–Crippen LogP) is 13.6. The second-order valence-corrected chi connectivity index (χ2v) is 16.9. The van der Waals surface area contributed by atoms with E-state index < -0.39 is 5.41 Å². The Morgan fingerprint density at radius 3 is 2.36 bits per heavy atom. The van der Waals surface area contributed by atoms with Crippen LogP contribution in [-0.4, -0.2) is 11.1 Å². The Bertz CT molecular complexity index is 3010. The quantitative estimate of drug-likeness (QED) is 0.159. The summed E-state index contributed by atoms with van der Waals surface area (Å²) in [5.41, 5.74) is 23.7. The van der Waals surface area contributed by atoms with E-state index in [1.165, 1.54) is 72.0 Å². The van der Waals surface area contributed by atoms with Crippen LogP contribution in [0.25, 0.3) is 49.8 Å². The molecule has 6 aromatic carbocycles. The van der Waals surface area contributed by atoms with Gasteiger partial charge in [0.15, 0.2) is 0 Å². The summed E-state index contributed by atoms with van der Waals surface area (Å²) in [4.78, 5) is 0. The van der Waals surface area contributed by atoms with Gasteiger partial charge in [-0.2, -0.15) is 0 Å². The van der Waals surface area contributed by atoms with Crippen molar-refractivity contribution >= 4 is 50.0 Å². The molecule has 3 nitrogen and oxygen atoms in total. The zero-order valence-electron chi connectivity index (χ0n) is 33.6. The molecule has 59 heavy (non-hydrogen) atoms. The van der Waals surface area contributed by atoms with E-state index in [1.54, 1.807) is 0 Å². The zero-order chi connectivity index (χ0) is 39.9. The number of para-hydroxylation sites is 2. The molecule has 0 fully saturated rings. The van der Waals surface area contributed by atoms with Crippen molar-refractivity contribution in [1.82, 2.24) is 4.57 Å². The number of anilines is 2. The van der Waals surface area contributed by atoms with Gasteiger partial charge in [0.2, 0.25) is 0 Å². The first-order chi connectivity index (χ1) is 29.0. The first-order valence-electron chi connectivity index (χ1n) is 21.0. The molecule has 0 amide bonds. The molecule has 3 aliphatic carbocycles. The third kappa shape index (κ3) is 4.98. The van der Waals surface area contributed by atoms with E-state index in [0.717, 1.165) is 28.9 Å². The van der Waals surface area contributed by atoms with Gasteiger partial charge in [-0.15, -0.1) is 0 Å². The number of aromatic nitrogens is 1. The maximum atomic E-state index is 5.92. The van der Waals surface area contributed by atoms with Crippen LogP contribution in [0.1, 0.15) is 54.0 Å². The molecule has 1 aromatic heterocycles. The number of hydrogen-bond acceptors (Lipinski definition) is 2. The number of hydrogen-bond donors (Lipinski definition) is 2. The Labute approximate surface area is 346 Å². The second-order valence-electron chi connectivity index (χ2n) is 16.9. The molecule has 0 radical (unpaired) electrons. The standard InChI is InChI=1S/C56H47N3/c1-4-37(31-32-57)38-24-26-39(27-25-38)41-28-29-46-43-19-11-13-21-47(43)56(55(46,3)35-41)48-33-36(2)23-30-51(48)59-50-22-14-12-20-44(50)52-53(58-42-17-9-6-10-18-42)45(34-49(56)54(52)59)40-15-7-5-8-16-40/h4-22,24-31,33-36,46,58H,1,23,32,57H2,2-3H3/b37-31+. The van der Waals surface area contributed by atoms with Crippen molar-refractivity contribution < 1.29 is 0 Å². The lowest BCUT2D eigenvalue weighted by molar-refractivity contribution is 0.287. The van der Waals surface area contributed by atoms with Crippen LogP contribution in [0.2, 0.25) is 0 Å². The van der Waals surface area contributed by atoms with Crippen LogP contribution >= 0.6 is 0 Å². The van der Waals surface area contributed by atoms with Crippen LogP contribution < -0.4 is 11.1 Å². The fraction of sp³-hybridized carbons (Fsp3) is 0.143. The SMILES string of the molecule is C=C/C(=C\CN)c1ccc(C2=CC3(C)C(C=C2)c2ccccc2C32C3=CC(C)CC=C3n3c4ccccc4c4c(Nc5ccccc5)c(-c5ccccc5)cc2c43)cc1. The fourth-order valence-corrected chi connectivity index (χ4v) is 11.2. The summed E-state index contributed by atoms with van der Waals surface area (Å²) in [6, 6.07) is 51.5. The zero-order valence-corrected chi connectivity index (χ0v) is 33.6. The number of benzene rings is 6. The number of nitrogens with two attached hydrogens (primary N) is 1. The van der Waals surface area contributed by atoms with Crippen molar-refractivity contribution in [2.45, 2.75) is 31.6 Å². The maximum Gasteiger partial charge on any atom is 0.0607 e. The molecule has 4 aliphatic rings. The lowest BCUT2D eigenvalue weighted by Crippen LogP contribution is -2.47. The number of fused-ring (bicyclic) bond motifs is 12. The van der Waals surface area contributed by atoms with E-state index in [-0.39, 0.29) is 11.3 Å². The van der Waals surface area contributed by atoms with Gasteiger partial charge in [-0.05, 0) is 86.7 Å². The van der Waals surface area contributed by atoms with Gasteiger partial charge in [0, 0.05) is 45.6 Å². The highest BCUT2D eigenvalue weighted by atomic mass is 15.0. The highest BCUT2D eigenvalue weighted by Gasteiger charge is 2.64. The van der Waals surface area contributed by atoms with Crippen molar-refractivity contribution in [2.75, 3.05) is 11.9 Å². The van der Waals surface area contributed by atoms with E-state index in [9.17, 15) is 0 Å². The van der Waals surface area contributed by atoms with Gasteiger partial charge < -0.3 is 15.6 Å². The third-order valence-corrected chi connectivity index (χ3v) is 13.7. The van der Waals surface area contributed by atoms with Gasteiger partial charge in [0.1, 0.15) is 0 Å². The Morgan fingerprint density at radius 2 is 1.58 bits per heavy atom. The number of allylic oxidation sites excluding steroid dienone is 10. The minimum absolute atomic E-state index is 0.161. The summed E-state index contributed by atoms with van der Waals surface area (Å²) in [6.45, 7) is 9.47. The van der Waals surface area contributed by atoms with Crippen LogP contribution in [0.4, 0.5) is 11.4 Å². The molecule has 0 bridgehead atoms. The average molecular weight is 762 g/mol. The van der Waals surface area contributed by atoms with Gasteiger partial charge in [0.05, 0.1) is 22.1 Å². The van der Waals surface area contributed by atoms with E-state index in [1.807, 2.05) is 12.2 Å². The highest BCUT2D eigenvalue weighted by Crippen LogP contribution is 2.72. The molecule has 2 heterocycles. The first kappa shape index (κ1) is 35.5. The van der Waals surface area contributed by atoms with Crippen LogP contribution in [-0.2, 0) is 5.41 Å². The van der Waals surface area contributed by atoms with E-state index >= 15 is 0 Å². The average Bonchev–Trinajstić information content (AvgIpc) is 3.74. The normalized spacial score (nSPS) is 22.7. The summed E-state index contributed by atoms with van der Waals surface area (Å²) in [5.74, 6) is 0.553. The molecule has 3 heteroatoms. The molecule has 286 valence electrons. The molecule has 1 aliphatic heterocycles. The van der Waals surface area contributed by atoms with Crippen molar-refractivity contribution in [3.8, 4) is 11.1 Å². The number of nitrogens with one attached hydrogen (secondary N) is 1. The second kappa shape index (κ2) is 13.4. The Morgan fingerprint density at radius 1 is 0.847 bits per heavy atom. The maximum absolute atomic E-state index is 5.92. The van der Waals surface area contributed by atoms with Crippen molar-refractivity contribution in [2.24, 2.45) is 17.1 Å². The van der Waals surface area contributed by atoms with Gasteiger partial charge in [-0.25, -0.2) is 0 Å². The summed E-state index contributed by atoms with van der Waals surface area (Å²) in [5, 5.41) is 6.52. The van der Waals surface area contributed by atoms with Crippen LogP contribution in [0.5, 0.6) is 0 Å². The van der Waals surface area contributed by atoms with Crippen LogP contribution in [0, 0.1) is 11.3 Å². The Hall–Kier alpha value is -6.68. The van der Waals surface area contributed by atoms with Gasteiger partial charge in [-0.1, -0.05) is 178 Å². The summed E-state index contributed by atoms with van der Waals surface area (Å²) in [6.07, 6.45) is 17.6. The van der Waals surface area contributed by atoms with Gasteiger partial charge in [0.25, 0.3) is 0 Å². The largest absolute Gasteiger partial charge is 0.354 e. The molecule has 4 atom stereocenters. The lowest BCUT2D eigenvalue weighted by atomic mass is 9.51. The van der Waals surface area contributed by atoms with Crippen molar-refractivity contribution in [3.63, 3.8) is 0 Å². The number of nitrogens with zero attached hydrogens (tertiary/aromatic N) is 1. The molecule has 3 N–H and O–H groups in total. The van der Waals surface area contributed by atoms with E-state index in [4.69, 9.17) is 5.73 Å². The Balaban J connectivity index is 1.28. The summed E-state index contributed by atoms with van der Waals surface area (Å²) < 4.78 is 2.61. The van der Waals surface area contributed by atoms with Gasteiger partial charge >= 0.3 is 0 Å². The monoisotopic (exact) mass is 761 g/mol. The predicted molar refractivity (Wildman–Crippen MR) is 250 cm³/mol. The molecular weight excluding hydrogens is 715 g/mol. The third-order valence-electron chi connectivity index (χ3n) is 13.7. The van der Waals surface area contributed by atoms with E-state index in [0.29, 0.717) is 12.5 Å². The molecule has 11 rings (SSSR count). The van der Waals surface area contributed by atoms with Crippen LogP contribution in [0.15, 0.2) is 194 Å². The smallest absolute Gasteiger partial charge is 0.0607 e. The topological polar surface area (TPSA) is 43.0 Å². The highest BCUT2D eigenvalue weighted by molar-refractivity contribution is 6.22. The van der Waals surface area contributed by atoms with E-state index in [2.05, 4.69) is 200 Å². The minimum atomic E-state index is -0.512. The lowest BCUT2D eigenvalue weighted by Gasteiger charge is -2.52. The Kier molecular flexibility index (Phi) is 8.08. The molecule has 7 aromatic rings. The van der Waals surface area contributed by atoms with Crippen molar-refractivity contribution in [3.05, 3.63) is 222 Å². The summed E-state index contributed by atoms with van der Waals surface area (Å²) >= 11 is 0. The van der Waals surface area contributed by atoms with Crippen LogP contribution in [0.3, 0.4) is 0 Å². The minimum Gasteiger partial charge on any atom is -0.354 e. The fourth-order valence-electron chi connectivity index (χ4n) is 11.2. The molecule has 4 unspecified atom stereocenters. The molecule has 0 saturated carbocycles. The van der Waals surface area contributed by atoms with Gasteiger partial charge in [-0.3, -0.25) is 0 Å². The molecule has 1 spiro atoms. The molecular formula is C56H47N3. The first-order valence-corrected chi connectivity index (χ1v) is 21.0.